The van der Waals surface area contributed by atoms with Crippen LogP contribution in [0.2, 0.25) is 0 Å². The van der Waals surface area contributed by atoms with Crippen molar-refractivity contribution in [1.82, 2.24) is 15.2 Å². The Morgan fingerprint density at radius 1 is 1.33 bits per heavy atom. The Morgan fingerprint density at radius 2 is 2.11 bits per heavy atom. The minimum absolute atomic E-state index is 0.477. The van der Waals surface area contributed by atoms with Gasteiger partial charge in [0.05, 0.1) is 0 Å². The smallest absolute Gasteiger partial charge is 0.225 e. The van der Waals surface area contributed by atoms with Crippen LogP contribution < -0.4 is 10.6 Å². The second-order valence-corrected chi connectivity index (χ2v) is 4.98. The van der Waals surface area contributed by atoms with Crippen molar-refractivity contribution in [3.8, 4) is 0 Å². The maximum Gasteiger partial charge on any atom is 0.225 e. The molecule has 0 saturated carbocycles. The number of nitrogens with zero attached hydrogens (tertiary/aromatic N) is 2. The first-order valence-corrected chi connectivity index (χ1v) is 6.85. The molecule has 0 unspecified atom stereocenters. The molecule has 2 aromatic rings. The molecule has 0 aliphatic rings. The third-order valence-electron chi connectivity index (χ3n) is 2.00. The number of para-hydroxylation sites is 1. The van der Waals surface area contributed by atoms with Crippen molar-refractivity contribution in [3.63, 3.8) is 0 Å². The zero-order chi connectivity index (χ0) is 12.8. The highest BCUT2D eigenvalue weighted by Gasteiger charge is 2.04. The molecule has 1 heterocycles. The third kappa shape index (κ3) is 3.71. The highest BCUT2D eigenvalue weighted by Crippen LogP contribution is 2.13. The first-order chi connectivity index (χ1) is 8.78. The fraction of sp³-hybridized carbons (Fsp3) is 0.182. The number of aromatic nitrogens is 3. The second-order valence-electron chi connectivity index (χ2n) is 3.34. The maximum atomic E-state index is 5.18. The van der Waals surface area contributed by atoms with E-state index in [1.807, 2.05) is 30.3 Å². The van der Waals surface area contributed by atoms with Crippen LogP contribution in [0.5, 0.6) is 0 Å². The molecule has 5 nitrogen and oxygen atoms in total. The fourth-order valence-electron chi connectivity index (χ4n) is 1.29. The topological polar surface area (TPSA) is 65.6 Å². The number of nitrogens with one attached hydrogen (secondary N) is 3. The van der Waals surface area contributed by atoms with Crippen LogP contribution in [0.15, 0.2) is 35.5 Å². The van der Waals surface area contributed by atoms with Gasteiger partial charge in [-0.2, -0.15) is 4.98 Å². The average molecular weight is 279 g/mol. The number of hydrogen-bond donors (Lipinski definition) is 3. The van der Waals surface area contributed by atoms with E-state index in [-0.39, 0.29) is 0 Å². The Hall–Kier alpha value is -1.60. The van der Waals surface area contributed by atoms with Gasteiger partial charge in [-0.1, -0.05) is 36.9 Å². The van der Waals surface area contributed by atoms with Gasteiger partial charge in [-0.05, 0) is 30.1 Å². The number of rotatable bonds is 4. The molecule has 18 heavy (non-hydrogen) atoms. The number of H-pyrrole nitrogens is 1. The molecule has 0 saturated heterocycles. The van der Waals surface area contributed by atoms with Gasteiger partial charge in [-0.3, -0.25) is 0 Å². The largest absolute Gasteiger partial charge is 0.332 e. The lowest BCUT2D eigenvalue weighted by molar-refractivity contribution is 0.974. The van der Waals surface area contributed by atoms with E-state index >= 15 is 0 Å². The number of benzene rings is 1. The zero-order valence-electron chi connectivity index (χ0n) is 9.80. The van der Waals surface area contributed by atoms with E-state index in [0.717, 1.165) is 11.4 Å². The summed E-state index contributed by atoms with van der Waals surface area (Å²) in [6.07, 6.45) is 0. The summed E-state index contributed by atoms with van der Waals surface area (Å²) in [6, 6.07) is 9.70. The molecule has 0 atom stereocenters. The van der Waals surface area contributed by atoms with Crippen molar-refractivity contribution >= 4 is 40.7 Å². The molecule has 3 N–H and O–H groups in total. The van der Waals surface area contributed by atoms with E-state index in [1.54, 1.807) is 11.8 Å². The molecular weight excluding hydrogens is 266 g/mol. The predicted molar refractivity (Wildman–Crippen MR) is 79.1 cm³/mol. The molecule has 0 amide bonds. The molecule has 0 aliphatic heterocycles. The highest BCUT2D eigenvalue weighted by molar-refractivity contribution is 7.99. The van der Waals surface area contributed by atoms with Gasteiger partial charge >= 0.3 is 0 Å². The third-order valence-corrected chi connectivity index (χ3v) is 2.94. The summed E-state index contributed by atoms with van der Waals surface area (Å²) in [6.45, 7) is 2.05. The zero-order valence-corrected chi connectivity index (χ0v) is 11.4. The molecule has 7 heteroatoms. The van der Waals surface area contributed by atoms with E-state index in [0.29, 0.717) is 16.2 Å². The van der Waals surface area contributed by atoms with E-state index in [4.69, 9.17) is 12.2 Å². The minimum atomic E-state index is 0.477. The standard InChI is InChI=1S/C11H13N5S2/c1-2-18-11-14-9(15-16-11)13-10(17)12-8-6-4-3-5-7-8/h3-7H,2H2,1H3,(H3,12,13,14,15,16,17). The van der Waals surface area contributed by atoms with Crippen molar-refractivity contribution in [3.05, 3.63) is 30.3 Å². The SMILES string of the molecule is CCSc1n[nH]c(NC(=S)Nc2ccccc2)n1. The van der Waals surface area contributed by atoms with Crippen LogP contribution in [0.3, 0.4) is 0 Å². The first-order valence-electron chi connectivity index (χ1n) is 5.46. The number of hydrogen-bond acceptors (Lipinski definition) is 4. The van der Waals surface area contributed by atoms with Crippen molar-refractivity contribution in [2.75, 3.05) is 16.4 Å². The highest BCUT2D eigenvalue weighted by atomic mass is 32.2. The van der Waals surface area contributed by atoms with Crippen molar-refractivity contribution in [2.24, 2.45) is 0 Å². The first kappa shape index (κ1) is 12.8. The quantitative estimate of drug-likeness (QED) is 0.591. The molecule has 94 valence electrons. The molecule has 1 aromatic heterocycles. The Morgan fingerprint density at radius 3 is 2.83 bits per heavy atom. The van der Waals surface area contributed by atoms with Crippen LogP contribution in [0, 0.1) is 0 Å². The van der Waals surface area contributed by atoms with Gasteiger partial charge in [-0.25, -0.2) is 5.10 Å². The summed E-state index contributed by atoms with van der Waals surface area (Å²) in [5, 5.41) is 14.0. The number of aromatic amines is 1. The summed E-state index contributed by atoms with van der Waals surface area (Å²) in [5.74, 6) is 1.48. The minimum Gasteiger partial charge on any atom is -0.332 e. The average Bonchev–Trinajstić information content (AvgIpc) is 2.78. The Kier molecular flexibility index (Phi) is 4.54. The summed E-state index contributed by atoms with van der Waals surface area (Å²) in [7, 11) is 0. The van der Waals surface area contributed by atoms with Gasteiger partial charge in [0.1, 0.15) is 0 Å². The molecule has 0 spiro atoms. The molecule has 2 rings (SSSR count). The molecular formula is C11H13N5S2. The second kappa shape index (κ2) is 6.36. The Bertz CT molecular complexity index is 511. The normalized spacial score (nSPS) is 10.1. The monoisotopic (exact) mass is 279 g/mol. The lowest BCUT2D eigenvalue weighted by Gasteiger charge is -2.07. The van der Waals surface area contributed by atoms with Crippen LogP contribution in [0.1, 0.15) is 6.92 Å². The molecule has 0 radical (unpaired) electrons. The van der Waals surface area contributed by atoms with Crippen LogP contribution in [0.4, 0.5) is 11.6 Å². The van der Waals surface area contributed by atoms with Crippen LogP contribution in [0.25, 0.3) is 0 Å². The molecule has 0 fully saturated rings. The number of anilines is 2. The molecule has 0 aliphatic carbocycles. The Balaban J connectivity index is 1.90. The van der Waals surface area contributed by atoms with Crippen molar-refractivity contribution < 1.29 is 0 Å². The van der Waals surface area contributed by atoms with Gasteiger partial charge in [0, 0.05) is 5.69 Å². The van der Waals surface area contributed by atoms with Gasteiger partial charge in [-0.15, -0.1) is 5.10 Å². The summed E-state index contributed by atoms with van der Waals surface area (Å²) >= 11 is 6.75. The van der Waals surface area contributed by atoms with Crippen LogP contribution in [-0.4, -0.2) is 26.0 Å². The number of thiocarbonyl (C=S) groups is 1. The molecule has 1 aromatic carbocycles. The summed E-state index contributed by atoms with van der Waals surface area (Å²) in [5.41, 5.74) is 0.928. The van der Waals surface area contributed by atoms with Gasteiger partial charge in [0.25, 0.3) is 0 Å². The number of thioether (sulfide) groups is 1. The van der Waals surface area contributed by atoms with Crippen LogP contribution >= 0.6 is 24.0 Å². The van der Waals surface area contributed by atoms with E-state index < -0.39 is 0 Å². The van der Waals surface area contributed by atoms with Crippen molar-refractivity contribution in [1.29, 1.82) is 0 Å². The van der Waals surface area contributed by atoms with E-state index in [2.05, 4.69) is 32.7 Å². The van der Waals surface area contributed by atoms with Gasteiger partial charge in [0.2, 0.25) is 11.1 Å². The molecule has 0 bridgehead atoms. The summed E-state index contributed by atoms with van der Waals surface area (Å²) < 4.78 is 0. The summed E-state index contributed by atoms with van der Waals surface area (Å²) in [4.78, 5) is 4.24. The van der Waals surface area contributed by atoms with E-state index in [9.17, 15) is 0 Å². The van der Waals surface area contributed by atoms with Gasteiger partial charge in [0.15, 0.2) is 5.11 Å². The van der Waals surface area contributed by atoms with Gasteiger partial charge < -0.3 is 10.6 Å². The lowest BCUT2D eigenvalue weighted by atomic mass is 10.3. The predicted octanol–water partition coefficient (Wildman–Crippen LogP) is 2.73. The Labute approximate surface area is 115 Å². The van der Waals surface area contributed by atoms with Crippen molar-refractivity contribution in [2.45, 2.75) is 12.1 Å². The maximum absolute atomic E-state index is 5.18. The van der Waals surface area contributed by atoms with E-state index in [1.165, 1.54) is 0 Å². The fourth-order valence-corrected chi connectivity index (χ4v) is 2.03. The van der Waals surface area contributed by atoms with Crippen LogP contribution in [-0.2, 0) is 0 Å². The lowest BCUT2D eigenvalue weighted by Crippen LogP contribution is -2.19.